The number of benzene rings is 2. The van der Waals surface area contributed by atoms with E-state index in [2.05, 4.69) is 47.7 Å². The lowest BCUT2D eigenvalue weighted by Crippen LogP contribution is -2.26. The van der Waals surface area contributed by atoms with Crippen molar-refractivity contribution >= 4 is 60.8 Å². The molecule has 0 radical (unpaired) electrons. The molecule has 0 atom stereocenters. The zero-order valence-electron chi connectivity index (χ0n) is 16.1. The van der Waals surface area contributed by atoms with Crippen molar-refractivity contribution in [1.29, 1.82) is 0 Å². The van der Waals surface area contributed by atoms with Gasteiger partial charge in [-0.3, -0.25) is 19.7 Å². The van der Waals surface area contributed by atoms with Crippen LogP contribution in [0.5, 0.6) is 5.75 Å². The molecule has 0 unspecified atom stereocenters. The second-order valence-electron chi connectivity index (χ2n) is 6.20. The summed E-state index contributed by atoms with van der Waals surface area (Å²) in [6.07, 6.45) is -0.148. The molecule has 0 saturated carbocycles. The fourth-order valence-corrected chi connectivity index (χ4v) is 3.39. The number of amides is 2. The second kappa shape index (κ2) is 10.8. The van der Waals surface area contributed by atoms with E-state index in [1.54, 1.807) is 19.1 Å². The highest BCUT2D eigenvalue weighted by atomic mass is 79.9. The summed E-state index contributed by atoms with van der Waals surface area (Å²) in [5, 5.41) is 17.3. The van der Waals surface area contributed by atoms with Gasteiger partial charge in [0.2, 0.25) is 5.91 Å². The molecule has 0 fully saturated rings. The van der Waals surface area contributed by atoms with Crippen LogP contribution in [0.3, 0.4) is 0 Å². The van der Waals surface area contributed by atoms with E-state index >= 15 is 0 Å². The number of ether oxygens (including phenoxy) is 1. The van der Waals surface area contributed by atoms with Gasteiger partial charge in [-0.05, 0) is 53.5 Å². The van der Waals surface area contributed by atoms with Crippen LogP contribution in [0, 0.1) is 17.0 Å². The Morgan fingerprint density at radius 2 is 1.87 bits per heavy atom. The Hall–Kier alpha value is -2.79. The predicted molar refractivity (Wildman–Crippen MR) is 120 cm³/mol. The number of aryl methyl sites for hydroxylation is 1. The molecular weight excluding hydrogens is 524 g/mol. The van der Waals surface area contributed by atoms with Crippen LogP contribution in [-0.2, 0) is 9.59 Å². The number of hydrazone groups is 1. The van der Waals surface area contributed by atoms with Crippen molar-refractivity contribution in [3.05, 3.63) is 61.0 Å². The molecule has 0 aliphatic heterocycles. The first kappa shape index (κ1) is 23.5. The molecule has 30 heavy (non-hydrogen) atoms. The summed E-state index contributed by atoms with van der Waals surface area (Å²) in [6, 6.07) is 9.41. The van der Waals surface area contributed by atoms with Gasteiger partial charge in [-0.2, -0.15) is 5.10 Å². The average Bonchev–Trinajstić information content (AvgIpc) is 2.68. The SMILES string of the molecule is C/C(CC(=O)Nc1ccccc1[N+](=O)[O-])=N/NC(=O)COc1cc(C)c(Br)cc1Br. The Labute approximate surface area is 189 Å². The maximum Gasteiger partial charge on any atom is 0.292 e. The van der Waals surface area contributed by atoms with Crippen LogP contribution in [0.15, 0.2) is 50.4 Å². The van der Waals surface area contributed by atoms with E-state index in [1.165, 1.54) is 18.2 Å². The third-order valence-electron chi connectivity index (χ3n) is 3.73. The van der Waals surface area contributed by atoms with Crippen molar-refractivity contribution in [1.82, 2.24) is 5.43 Å². The molecule has 0 aliphatic rings. The molecule has 0 heterocycles. The van der Waals surface area contributed by atoms with Gasteiger partial charge >= 0.3 is 0 Å². The fraction of sp³-hybridized carbons (Fsp3) is 0.211. The van der Waals surface area contributed by atoms with Crippen LogP contribution in [0.25, 0.3) is 0 Å². The van der Waals surface area contributed by atoms with Crippen LogP contribution < -0.4 is 15.5 Å². The maximum atomic E-state index is 12.1. The van der Waals surface area contributed by atoms with E-state index < -0.39 is 16.7 Å². The number of nitro groups is 1. The Morgan fingerprint density at radius 3 is 2.57 bits per heavy atom. The van der Waals surface area contributed by atoms with Crippen molar-refractivity contribution in [2.75, 3.05) is 11.9 Å². The van der Waals surface area contributed by atoms with E-state index in [0.29, 0.717) is 15.9 Å². The van der Waals surface area contributed by atoms with Gasteiger partial charge in [-0.25, -0.2) is 5.43 Å². The van der Waals surface area contributed by atoms with E-state index in [-0.39, 0.29) is 24.4 Å². The second-order valence-corrected chi connectivity index (χ2v) is 7.91. The minimum atomic E-state index is -0.581. The molecule has 158 valence electrons. The number of hydrogen-bond acceptors (Lipinski definition) is 6. The molecular formula is C19H18Br2N4O5. The molecule has 2 aromatic rings. The van der Waals surface area contributed by atoms with Crippen LogP contribution in [0.2, 0.25) is 0 Å². The minimum Gasteiger partial charge on any atom is -0.483 e. The van der Waals surface area contributed by atoms with Gasteiger partial charge in [-0.15, -0.1) is 0 Å². The van der Waals surface area contributed by atoms with Gasteiger partial charge in [0.05, 0.1) is 15.8 Å². The molecule has 0 spiro atoms. The molecule has 0 saturated heterocycles. The Morgan fingerprint density at radius 1 is 1.17 bits per heavy atom. The van der Waals surface area contributed by atoms with Gasteiger partial charge in [0, 0.05) is 16.3 Å². The average molecular weight is 542 g/mol. The van der Waals surface area contributed by atoms with Crippen molar-refractivity contribution in [3.8, 4) is 5.75 Å². The highest BCUT2D eigenvalue weighted by Gasteiger charge is 2.15. The van der Waals surface area contributed by atoms with Crippen molar-refractivity contribution in [3.63, 3.8) is 0 Å². The number of nitro benzene ring substituents is 1. The smallest absolute Gasteiger partial charge is 0.292 e. The standard InChI is InChI=1S/C19H18Br2N4O5/c1-11-7-17(14(21)9-13(11)20)30-10-19(27)24-23-12(2)8-18(26)22-15-5-3-4-6-16(15)25(28)29/h3-7,9H,8,10H2,1-2H3,(H,22,26)(H,24,27)/b23-12-. The lowest BCUT2D eigenvalue weighted by molar-refractivity contribution is -0.383. The van der Waals surface area contributed by atoms with Crippen LogP contribution in [0.1, 0.15) is 18.9 Å². The largest absolute Gasteiger partial charge is 0.483 e. The Bertz CT molecular complexity index is 1010. The van der Waals surface area contributed by atoms with E-state index in [9.17, 15) is 19.7 Å². The molecule has 9 nitrogen and oxygen atoms in total. The first-order chi connectivity index (χ1) is 14.2. The summed E-state index contributed by atoms with van der Waals surface area (Å²) < 4.78 is 7.07. The number of nitrogens with one attached hydrogen (secondary N) is 2. The molecule has 0 bridgehead atoms. The van der Waals surface area contributed by atoms with E-state index in [4.69, 9.17) is 4.74 Å². The maximum absolute atomic E-state index is 12.1. The summed E-state index contributed by atoms with van der Waals surface area (Å²) in [7, 11) is 0. The quantitative estimate of drug-likeness (QED) is 0.292. The zero-order valence-corrected chi connectivity index (χ0v) is 19.2. The van der Waals surface area contributed by atoms with Crippen LogP contribution >= 0.6 is 31.9 Å². The molecule has 0 aliphatic carbocycles. The summed E-state index contributed by atoms with van der Waals surface area (Å²) in [4.78, 5) is 34.4. The molecule has 11 heteroatoms. The van der Waals surface area contributed by atoms with Crippen LogP contribution in [0.4, 0.5) is 11.4 Å². The first-order valence-electron chi connectivity index (χ1n) is 8.61. The summed E-state index contributed by atoms with van der Waals surface area (Å²) in [5.74, 6) is -0.485. The van der Waals surface area contributed by atoms with Gasteiger partial charge < -0.3 is 10.1 Å². The number of halogens is 2. The number of para-hydroxylation sites is 2. The summed E-state index contributed by atoms with van der Waals surface area (Å²) >= 11 is 6.76. The van der Waals surface area contributed by atoms with Crippen molar-refractivity contribution in [2.45, 2.75) is 20.3 Å². The minimum absolute atomic E-state index is 0.0908. The normalized spacial score (nSPS) is 11.0. The number of nitrogens with zero attached hydrogens (tertiary/aromatic N) is 2. The third-order valence-corrected chi connectivity index (χ3v) is 5.21. The summed E-state index contributed by atoms with van der Waals surface area (Å²) in [5.41, 5.74) is 3.46. The molecule has 2 amide bonds. The monoisotopic (exact) mass is 540 g/mol. The predicted octanol–water partition coefficient (Wildman–Crippen LogP) is 4.33. The lowest BCUT2D eigenvalue weighted by Gasteiger charge is -2.10. The lowest BCUT2D eigenvalue weighted by atomic mass is 10.2. The third kappa shape index (κ3) is 6.92. The number of carbonyl (C=O) groups excluding carboxylic acids is 2. The van der Waals surface area contributed by atoms with Crippen LogP contribution in [-0.4, -0.2) is 29.1 Å². The van der Waals surface area contributed by atoms with Gasteiger partial charge in [0.1, 0.15) is 11.4 Å². The summed E-state index contributed by atoms with van der Waals surface area (Å²) in [6.45, 7) is 3.18. The molecule has 2 aromatic carbocycles. The topological polar surface area (TPSA) is 123 Å². The van der Waals surface area contributed by atoms with E-state index in [0.717, 1.165) is 10.0 Å². The van der Waals surface area contributed by atoms with E-state index in [1.807, 2.05) is 13.0 Å². The molecule has 2 rings (SSSR count). The molecule has 0 aromatic heterocycles. The Balaban J connectivity index is 1.86. The van der Waals surface area contributed by atoms with Gasteiger partial charge in [0.15, 0.2) is 6.61 Å². The fourth-order valence-electron chi connectivity index (χ4n) is 2.28. The number of anilines is 1. The van der Waals surface area contributed by atoms with Gasteiger partial charge in [-0.1, -0.05) is 28.1 Å². The highest BCUT2D eigenvalue weighted by Crippen LogP contribution is 2.31. The van der Waals surface area contributed by atoms with Crippen molar-refractivity contribution < 1.29 is 19.2 Å². The first-order valence-corrected chi connectivity index (χ1v) is 10.2. The number of hydrogen-bond donors (Lipinski definition) is 2. The Kier molecular flexibility index (Phi) is 8.48. The number of rotatable bonds is 8. The zero-order chi connectivity index (χ0) is 22.3. The molecule has 2 N–H and O–H groups in total. The number of carbonyl (C=O) groups is 2. The van der Waals surface area contributed by atoms with Crippen molar-refractivity contribution in [2.24, 2.45) is 5.10 Å². The van der Waals surface area contributed by atoms with Gasteiger partial charge in [0.25, 0.3) is 11.6 Å². The highest BCUT2D eigenvalue weighted by molar-refractivity contribution is 9.11.